The fourth-order valence-electron chi connectivity index (χ4n) is 1.91. The molecule has 19 heavy (non-hydrogen) atoms. The van der Waals surface area contributed by atoms with Crippen molar-refractivity contribution in [2.45, 2.75) is 70.1 Å². The van der Waals surface area contributed by atoms with E-state index in [1.165, 1.54) is 6.08 Å². The standard InChI is InChI=1S/C13H24O6/c1-8(5-3-4-6-12(16)17)18-13-11(15)7-10(14)9(2)19-13/h4,6,8-17H,3,5,7H2,1-2H3/b6-4+/t8-,9?,10-,11?,13-/m1/s1. The molecule has 2 unspecified atom stereocenters. The number of ether oxygens (including phenoxy) is 2. The van der Waals surface area contributed by atoms with Crippen molar-refractivity contribution in [2.75, 3.05) is 0 Å². The number of aliphatic hydroxyl groups is 4. The number of hydrogen-bond acceptors (Lipinski definition) is 6. The van der Waals surface area contributed by atoms with Crippen LogP contribution < -0.4 is 0 Å². The highest BCUT2D eigenvalue weighted by molar-refractivity contribution is 4.84. The molecule has 1 aliphatic rings. The van der Waals surface area contributed by atoms with Gasteiger partial charge in [-0.3, -0.25) is 0 Å². The van der Waals surface area contributed by atoms with Gasteiger partial charge in [0.15, 0.2) is 12.6 Å². The van der Waals surface area contributed by atoms with Gasteiger partial charge in [-0.15, -0.1) is 0 Å². The number of rotatable bonds is 6. The van der Waals surface area contributed by atoms with E-state index in [4.69, 9.17) is 19.7 Å². The van der Waals surface area contributed by atoms with Crippen molar-refractivity contribution in [1.82, 2.24) is 0 Å². The molecule has 0 aromatic rings. The molecule has 1 heterocycles. The second-order valence-corrected chi connectivity index (χ2v) is 4.95. The van der Waals surface area contributed by atoms with E-state index in [-0.39, 0.29) is 18.6 Å². The molecule has 5 atom stereocenters. The maximum Gasteiger partial charge on any atom is 0.184 e. The molecule has 0 radical (unpaired) electrons. The van der Waals surface area contributed by atoms with Crippen molar-refractivity contribution >= 4 is 0 Å². The highest BCUT2D eigenvalue weighted by Gasteiger charge is 2.35. The van der Waals surface area contributed by atoms with Gasteiger partial charge in [0.05, 0.1) is 18.3 Å². The first-order chi connectivity index (χ1) is 8.90. The average Bonchev–Trinajstić information content (AvgIpc) is 2.31. The topological polar surface area (TPSA) is 99.4 Å². The summed E-state index contributed by atoms with van der Waals surface area (Å²) < 4.78 is 11.0. The molecule has 1 rings (SSSR count). The summed E-state index contributed by atoms with van der Waals surface area (Å²) in [6, 6.07) is 0. The van der Waals surface area contributed by atoms with Crippen LogP contribution in [0.2, 0.25) is 0 Å². The molecule has 0 aromatic heterocycles. The van der Waals surface area contributed by atoms with Gasteiger partial charge in [0, 0.05) is 6.42 Å². The zero-order valence-electron chi connectivity index (χ0n) is 11.3. The minimum absolute atomic E-state index is 0.137. The molecular weight excluding hydrogens is 252 g/mol. The first-order valence-electron chi connectivity index (χ1n) is 6.60. The summed E-state index contributed by atoms with van der Waals surface area (Å²) in [6.07, 6.45) is 0.367. The molecular formula is C13H24O6. The number of allylic oxidation sites excluding steroid dienone is 1. The summed E-state index contributed by atoms with van der Waals surface area (Å²) in [7, 11) is 0. The highest BCUT2D eigenvalue weighted by atomic mass is 16.7. The summed E-state index contributed by atoms with van der Waals surface area (Å²) in [5.41, 5.74) is 0. The van der Waals surface area contributed by atoms with Gasteiger partial charge in [0.1, 0.15) is 6.10 Å². The van der Waals surface area contributed by atoms with Gasteiger partial charge in [0.2, 0.25) is 0 Å². The van der Waals surface area contributed by atoms with Gasteiger partial charge in [-0.2, -0.15) is 0 Å². The van der Waals surface area contributed by atoms with Crippen LogP contribution in [-0.2, 0) is 9.47 Å². The van der Waals surface area contributed by atoms with E-state index in [0.29, 0.717) is 12.8 Å². The predicted octanol–water partition coefficient (Wildman–Crippen LogP) is -0.105. The van der Waals surface area contributed by atoms with Crippen LogP contribution in [0, 0.1) is 0 Å². The van der Waals surface area contributed by atoms with Crippen LogP contribution in [-0.4, -0.2) is 57.4 Å². The van der Waals surface area contributed by atoms with Gasteiger partial charge < -0.3 is 29.9 Å². The summed E-state index contributed by atoms with van der Waals surface area (Å²) >= 11 is 0. The van der Waals surface area contributed by atoms with Gasteiger partial charge in [0.25, 0.3) is 0 Å². The van der Waals surface area contributed by atoms with Crippen LogP contribution in [0.1, 0.15) is 33.1 Å². The first kappa shape index (κ1) is 16.6. The second kappa shape index (κ2) is 7.94. The third kappa shape index (κ3) is 5.99. The SMILES string of the molecule is CC1O[C@@H](O[C@H](C)CC/C=C/C(O)O)C(O)C[C@H]1O. The summed E-state index contributed by atoms with van der Waals surface area (Å²) in [4.78, 5) is 0. The van der Waals surface area contributed by atoms with Crippen molar-refractivity contribution < 1.29 is 29.9 Å². The fourth-order valence-corrected chi connectivity index (χ4v) is 1.91. The molecule has 6 heteroatoms. The molecule has 6 nitrogen and oxygen atoms in total. The van der Waals surface area contributed by atoms with Gasteiger partial charge in [-0.05, 0) is 32.8 Å². The number of hydrogen-bond donors (Lipinski definition) is 4. The van der Waals surface area contributed by atoms with E-state index in [0.717, 1.165) is 0 Å². The predicted molar refractivity (Wildman–Crippen MR) is 68.1 cm³/mol. The molecule has 0 bridgehead atoms. The second-order valence-electron chi connectivity index (χ2n) is 4.95. The molecule has 4 N–H and O–H groups in total. The third-order valence-corrected chi connectivity index (χ3v) is 3.10. The highest BCUT2D eigenvalue weighted by Crippen LogP contribution is 2.22. The zero-order valence-corrected chi connectivity index (χ0v) is 11.3. The molecule has 0 aliphatic carbocycles. The van der Waals surface area contributed by atoms with Crippen LogP contribution in [0.25, 0.3) is 0 Å². The molecule has 0 saturated carbocycles. The Bertz CT molecular complexity index is 280. The number of aliphatic hydroxyl groups excluding tert-OH is 3. The lowest BCUT2D eigenvalue weighted by Gasteiger charge is -2.36. The van der Waals surface area contributed by atoms with E-state index in [9.17, 15) is 10.2 Å². The first-order valence-corrected chi connectivity index (χ1v) is 6.60. The summed E-state index contributed by atoms with van der Waals surface area (Å²) in [5.74, 6) is 0. The molecule has 1 fully saturated rings. The van der Waals surface area contributed by atoms with E-state index >= 15 is 0 Å². The Morgan fingerprint density at radius 1 is 1.32 bits per heavy atom. The van der Waals surface area contributed by atoms with E-state index in [1.54, 1.807) is 13.0 Å². The fraction of sp³-hybridized carbons (Fsp3) is 0.846. The summed E-state index contributed by atoms with van der Waals surface area (Å²) in [6.45, 7) is 3.60. The molecule has 0 spiro atoms. The van der Waals surface area contributed by atoms with Crippen molar-refractivity contribution in [1.29, 1.82) is 0 Å². The van der Waals surface area contributed by atoms with Crippen LogP contribution in [0.4, 0.5) is 0 Å². The quantitative estimate of drug-likeness (QED) is 0.399. The monoisotopic (exact) mass is 276 g/mol. The van der Waals surface area contributed by atoms with Crippen molar-refractivity contribution in [3.8, 4) is 0 Å². The molecule has 1 aliphatic heterocycles. The Hall–Kier alpha value is -0.500. The Kier molecular flexibility index (Phi) is 6.92. The molecule has 0 amide bonds. The maximum absolute atomic E-state index is 9.76. The Labute approximate surface area is 113 Å². The molecule has 0 aromatic carbocycles. The third-order valence-electron chi connectivity index (χ3n) is 3.10. The van der Waals surface area contributed by atoms with E-state index < -0.39 is 24.8 Å². The van der Waals surface area contributed by atoms with E-state index in [2.05, 4.69) is 0 Å². The van der Waals surface area contributed by atoms with Crippen LogP contribution in [0.15, 0.2) is 12.2 Å². The lowest BCUT2D eigenvalue weighted by molar-refractivity contribution is -0.273. The zero-order chi connectivity index (χ0) is 14.4. The molecule has 112 valence electrons. The average molecular weight is 276 g/mol. The Morgan fingerprint density at radius 3 is 2.63 bits per heavy atom. The van der Waals surface area contributed by atoms with Crippen LogP contribution >= 0.6 is 0 Å². The lowest BCUT2D eigenvalue weighted by atomic mass is 10.0. The molecule has 1 saturated heterocycles. The van der Waals surface area contributed by atoms with Crippen LogP contribution in [0.3, 0.4) is 0 Å². The van der Waals surface area contributed by atoms with Crippen molar-refractivity contribution in [2.24, 2.45) is 0 Å². The van der Waals surface area contributed by atoms with Gasteiger partial charge >= 0.3 is 0 Å². The van der Waals surface area contributed by atoms with E-state index in [1.807, 2.05) is 6.92 Å². The Balaban J connectivity index is 2.29. The smallest absolute Gasteiger partial charge is 0.184 e. The van der Waals surface area contributed by atoms with Crippen molar-refractivity contribution in [3.05, 3.63) is 12.2 Å². The Morgan fingerprint density at radius 2 is 2.00 bits per heavy atom. The largest absolute Gasteiger partial charge is 0.390 e. The maximum atomic E-state index is 9.76. The minimum Gasteiger partial charge on any atom is -0.390 e. The van der Waals surface area contributed by atoms with Gasteiger partial charge in [-0.25, -0.2) is 0 Å². The van der Waals surface area contributed by atoms with Crippen LogP contribution in [0.5, 0.6) is 0 Å². The normalized spacial score (nSPS) is 34.1. The van der Waals surface area contributed by atoms with Crippen molar-refractivity contribution in [3.63, 3.8) is 0 Å². The summed E-state index contributed by atoms with van der Waals surface area (Å²) in [5, 5.41) is 36.5. The lowest BCUT2D eigenvalue weighted by Crippen LogP contribution is -2.48. The van der Waals surface area contributed by atoms with Gasteiger partial charge in [-0.1, -0.05) is 6.08 Å². The minimum atomic E-state index is -1.43.